The average Bonchev–Trinajstić information content (AvgIpc) is 3.61. The first-order valence-electron chi connectivity index (χ1n) is 11.3. The van der Waals surface area contributed by atoms with Gasteiger partial charge in [0.1, 0.15) is 12.4 Å². The van der Waals surface area contributed by atoms with E-state index in [9.17, 15) is 4.79 Å². The minimum Gasteiger partial charge on any atom is -0.492 e. The van der Waals surface area contributed by atoms with Gasteiger partial charge in [0.25, 0.3) is 5.91 Å². The molecule has 2 aromatic heterocycles. The van der Waals surface area contributed by atoms with Crippen molar-refractivity contribution in [3.05, 3.63) is 47.3 Å². The fourth-order valence-electron chi connectivity index (χ4n) is 4.18. The topological polar surface area (TPSA) is 81.5 Å². The quantitative estimate of drug-likeness (QED) is 0.614. The number of benzene rings is 1. The van der Waals surface area contributed by atoms with Crippen LogP contribution in [0.15, 0.2) is 30.3 Å². The first-order valence-corrected chi connectivity index (χ1v) is 11.3. The van der Waals surface area contributed by atoms with Gasteiger partial charge in [0, 0.05) is 44.0 Å². The Morgan fingerprint density at radius 3 is 2.69 bits per heavy atom. The monoisotopic (exact) mass is 435 g/mol. The smallest absolute Gasteiger partial charge is 0.256 e. The number of hydrogen-bond donors (Lipinski definition) is 1. The lowest BCUT2D eigenvalue weighted by Crippen LogP contribution is -2.38. The van der Waals surface area contributed by atoms with Crippen molar-refractivity contribution < 1.29 is 14.3 Å². The van der Waals surface area contributed by atoms with Crippen LogP contribution in [-0.2, 0) is 11.8 Å². The Morgan fingerprint density at radius 2 is 1.97 bits per heavy atom. The minimum absolute atomic E-state index is 0.142. The van der Waals surface area contributed by atoms with E-state index < -0.39 is 0 Å². The molecule has 8 nitrogen and oxygen atoms in total. The summed E-state index contributed by atoms with van der Waals surface area (Å²) in [5.74, 6) is 1.10. The van der Waals surface area contributed by atoms with Crippen LogP contribution in [0.1, 0.15) is 40.5 Å². The van der Waals surface area contributed by atoms with E-state index in [0.29, 0.717) is 18.1 Å². The third-order valence-electron chi connectivity index (χ3n) is 6.12. The molecule has 8 heteroatoms. The van der Waals surface area contributed by atoms with Crippen molar-refractivity contribution in [3.8, 4) is 5.75 Å². The maximum atomic E-state index is 13.2. The van der Waals surface area contributed by atoms with Crippen molar-refractivity contribution in [2.75, 3.05) is 44.8 Å². The van der Waals surface area contributed by atoms with Crippen molar-refractivity contribution in [1.82, 2.24) is 19.7 Å². The van der Waals surface area contributed by atoms with Crippen LogP contribution in [0.5, 0.6) is 5.75 Å². The molecular weight excluding hydrogens is 406 g/mol. The standard InChI is InChI=1S/C24H29N5O3/c1-16-22-20(15-21(17-3-4-17)26-23(22)28(2)27-16)24(30)25-18-5-7-19(8-6-18)32-14-11-29-9-12-31-13-10-29/h5-8,15,17H,3-4,9-14H2,1-2H3,(H,25,30). The number of aryl methyl sites for hydroxylation is 2. The van der Waals surface area contributed by atoms with Gasteiger partial charge in [-0.2, -0.15) is 5.10 Å². The number of pyridine rings is 1. The Kier molecular flexibility index (Phi) is 5.80. The van der Waals surface area contributed by atoms with Crippen molar-refractivity contribution in [2.24, 2.45) is 7.05 Å². The van der Waals surface area contributed by atoms with E-state index in [0.717, 1.165) is 79.5 Å². The molecule has 0 atom stereocenters. The SMILES string of the molecule is Cc1nn(C)c2nc(C3CC3)cc(C(=O)Nc3ccc(OCCN4CCOCC4)cc3)c12. The summed E-state index contributed by atoms with van der Waals surface area (Å²) in [6.45, 7) is 6.92. The number of rotatable bonds is 7. The zero-order chi connectivity index (χ0) is 22.1. The average molecular weight is 436 g/mol. The Morgan fingerprint density at radius 1 is 1.22 bits per heavy atom. The van der Waals surface area contributed by atoms with Crippen LogP contribution in [0.4, 0.5) is 5.69 Å². The molecular formula is C24H29N5O3. The third-order valence-corrected chi connectivity index (χ3v) is 6.12. The predicted molar refractivity (Wildman–Crippen MR) is 122 cm³/mol. The fourth-order valence-corrected chi connectivity index (χ4v) is 4.18. The molecule has 1 aliphatic heterocycles. The Hall–Kier alpha value is -2.97. The normalized spacial score (nSPS) is 16.9. The van der Waals surface area contributed by atoms with E-state index in [2.05, 4.69) is 15.3 Å². The molecule has 5 rings (SSSR count). The van der Waals surface area contributed by atoms with Crippen LogP contribution in [0.3, 0.4) is 0 Å². The summed E-state index contributed by atoms with van der Waals surface area (Å²) in [7, 11) is 1.87. The Bertz CT molecular complexity index is 1110. The van der Waals surface area contributed by atoms with Crippen LogP contribution < -0.4 is 10.1 Å². The number of nitrogens with one attached hydrogen (secondary N) is 1. The largest absolute Gasteiger partial charge is 0.492 e. The molecule has 3 heterocycles. The fraction of sp³-hybridized carbons (Fsp3) is 0.458. The summed E-state index contributed by atoms with van der Waals surface area (Å²) < 4.78 is 13.0. The minimum atomic E-state index is -0.142. The van der Waals surface area contributed by atoms with E-state index in [1.807, 2.05) is 44.3 Å². The molecule has 1 saturated heterocycles. The molecule has 1 saturated carbocycles. The molecule has 3 aromatic rings. The number of ether oxygens (including phenoxy) is 2. The highest BCUT2D eigenvalue weighted by Gasteiger charge is 2.28. The van der Waals surface area contributed by atoms with Crippen LogP contribution in [0, 0.1) is 6.92 Å². The van der Waals surface area contributed by atoms with Gasteiger partial charge in [0.05, 0.1) is 29.9 Å². The maximum absolute atomic E-state index is 13.2. The lowest BCUT2D eigenvalue weighted by Gasteiger charge is -2.26. The Balaban J connectivity index is 1.26. The Labute approximate surface area is 187 Å². The number of carbonyl (C=O) groups is 1. The second-order valence-electron chi connectivity index (χ2n) is 8.56. The number of amides is 1. The van der Waals surface area contributed by atoms with Crippen LogP contribution >= 0.6 is 0 Å². The zero-order valence-electron chi connectivity index (χ0n) is 18.6. The summed E-state index contributed by atoms with van der Waals surface area (Å²) in [6.07, 6.45) is 2.26. The first kappa shape index (κ1) is 20.9. The summed E-state index contributed by atoms with van der Waals surface area (Å²) in [5.41, 5.74) is 3.92. The highest BCUT2D eigenvalue weighted by molar-refractivity contribution is 6.12. The van der Waals surface area contributed by atoms with Gasteiger partial charge < -0.3 is 14.8 Å². The molecule has 0 unspecified atom stereocenters. The molecule has 168 valence electrons. The number of morpholine rings is 1. The van der Waals surface area contributed by atoms with E-state index >= 15 is 0 Å². The van der Waals surface area contributed by atoms with E-state index in [-0.39, 0.29) is 5.91 Å². The maximum Gasteiger partial charge on any atom is 0.256 e. The lowest BCUT2D eigenvalue weighted by molar-refractivity contribution is 0.0322. The van der Waals surface area contributed by atoms with Crippen molar-refractivity contribution >= 4 is 22.6 Å². The number of carbonyl (C=O) groups excluding carboxylic acids is 1. The number of anilines is 1. The van der Waals surface area contributed by atoms with Crippen LogP contribution in [0.25, 0.3) is 11.0 Å². The molecule has 1 aliphatic carbocycles. The molecule has 2 fully saturated rings. The number of hydrogen-bond acceptors (Lipinski definition) is 6. The molecule has 0 bridgehead atoms. The van der Waals surface area contributed by atoms with Crippen molar-refractivity contribution in [1.29, 1.82) is 0 Å². The molecule has 1 amide bonds. The van der Waals surface area contributed by atoms with Gasteiger partial charge in [-0.25, -0.2) is 4.98 Å². The second kappa shape index (κ2) is 8.88. The summed E-state index contributed by atoms with van der Waals surface area (Å²) in [5, 5.41) is 8.33. The number of fused-ring (bicyclic) bond motifs is 1. The van der Waals surface area contributed by atoms with Crippen LogP contribution in [0.2, 0.25) is 0 Å². The highest BCUT2D eigenvalue weighted by Crippen LogP contribution is 2.40. The molecule has 0 spiro atoms. The zero-order valence-corrected chi connectivity index (χ0v) is 18.6. The number of nitrogens with zero attached hydrogens (tertiary/aromatic N) is 4. The molecule has 2 aliphatic rings. The highest BCUT2D eigenvalue weighted by atomic mass is 16.5. The van der Waals surface area contributed by atoms with Crippen LogP contribution in [-0.4, -0.2) is 65.0 Å². The van der Waals surface area contributed by atoms with Gasteiger partial charge in [-0.3, -0.25) is 14.4 Å². The summed E-state index contributed by atoms with van der Waals surface area (Å²) in [4.78, 5) is 20.3. The first-order chi connectivity index (χ1) is 15.6. The van der Waals surface area contributed by atoms with Gasteiger partial charge in [-0.05, 0) is 50.1 Å². The predicted octanol–water partition coefficient (Wildman–Crippen LogP) is 3.12. The lowest BCUT2D eigenvalue weighted by atomic mass is 10.1. The molecule has 0 radical (unpaired) electrons. The van der Waals surface area contributed by atoms with Crippen molar-refractivity contribution in [2.45, 2.75) is 25.7 Å². The van der Waals surface area contributed by atoms with Gasteiger partial charge in [0.15, 0.2) is 5.65 Å². The summed E-state index contributed by atoms with van der Waals surface area (Å²) in [6, 6.07) is 9.47. The molecule has 1 aromatic carbocycles. The van der Waals surface area contributed by atoms with Gasteiger partial charge >= 0.3 is 0 Å². The van der Waals surface area contributed by atoms with Gasteiger partial charge in [-0.1, -0.05) is 0 Å². The second-order valence-corrected chi connectivity index (χ2v) is 8.56. The van der Waals surface area contributed by atoms with E-state index in [1.54, 1.807) is 4.68 Å². The van der Waals surface area contributed by atoms with E-state index in [4.69, 9.17) is 14.5 Å². The molecule has 1 N–H and O–H groups in total. The molecule has 32 heavy (non-hydrogen) atoms. The number of aromatic nitrogens is 3. The summed E-state index contributed by atoms with van der Waals surface area (Å²) >= 11 is 0. The van der Waals surface area contributed by atoms with Gasteiger partial charge in [-0.15, -0.1) is 0 Å². The van der Waals surface area contributed by atoms with E-state index in [1.165, 1.54) is 0 Å². The van der Waals surface area contributed by atoms with Gasteiger partial charge in [0.2, 0.25) is 0 Å². The van der Waals surface area contributed by atoms with Crippen molar-refractivity contribution in [3.63, 3.8) is 0 Å². The third kappa shape index (κ3) is 4.47.